The molecule has 0 bridgehead atoms. The summed E-state index contributed by atoms with van der Waals surface area (Å²) in [6.07, 6.45) is 2.73. The third kappa shape index (κ3) is 2.65. The molecular weight excluding hydrogens is 228 g/mol. The minimum atomic E-state index is -0.107. The Morgan fingerprint density at radius 1 is 1.44 bits per heavy atom. The first-order valence-corrected chi connectivity index (χ1v) is 6.92. The van der Waals surface area contributed by atoms with E-state index in [0.29, 0.717) is 0 Å². The first kappa shape index (κ1) is 13.3. The monoisotopic (exact) mass is 250 g/mol. The quantitative estimate of drug-likeness (QED) is 0.776. The number of nitrogens with one attached hydrogen (secondary N) is 1. The molecule has 2 aliphatic heterocycles. The van der Waals surface area contributed by atoms with Crippen LogP contribution in [0.25, 0.3) is 0 Å². The van der Waals surface area contributed by atoms with Crippen molar-refractivity contribution in [2.75, 3.05) is 32.7 Å². The van der Waals surface area contributed by atoms with E-state index in [1.54, 1.807) is 0 Å². The number of hydrogen-bond donors (Lipinski definition) is 1. The van der Waals surface area contributed by atoms with Crippen molar-refractivity contribution in [3.63, 3.8) is 0 Å². The molecule has 100 valence electrons. The Hall–Kier alpha value is -1.12. The van der Waals surface area contributed by atoms with Gasteiger partial charge in [-0.2, -0.15) is 5.26 Å². The Labute approximate surface area is 109 Å². The van der Waals surface area contributed by atoms with Crippen LogP contribution in [0.5, 0.6) is 0 Å². The summed E-state index contributed by atoms with van der Waals surface area (Å²) in [5.74, 6) is 0.225. The zero-order chi connectivity index (χ0) is 13.0. The van der Waals surface area contributed by atoms with Gasteiger partial charge in [-0.15, -0.1) is 0 Å². The van der Waals surface area contributed by atoms with Gasteiger partial charge in [0.2, 0.25) is 5.91 Å². The van der Waals surface area contributed by atoms with Crippen LogP contribution in [0.3, 0.4) is 0 Å². The van der Waals surface area contributed by atoms with Crippen molar-refractivity contribution in [2.24, 2.45) is 0 Å². The highest BCUT2D eigenvalue weighted by atomic mass is 16.2. The van der Waals surface area contributed by atoms with E-state index in [2.05, 4.69) is 16.3 Å². The molecule has 18 heavy (non-hydrogen) atoms. The minimum absolute atomic E-state index is 0.0623. The summed E-state index contributed by atoms with van der Waals surface area (Å²) in [5, 5.41) is 12.4. The lowest BCUT2D eigenvalue weighted by Gasteiger charge is -2.34. The molecule has 2 heterocycles. The molecule has 2 aliphatic rings. The normalized spacial score (nSPS) is 26.9. The third-order valence-electron chi connectivity index (χ3n) is 3.94. The second-order valence-electron chi connectivity index (χ2n) is 5.02. The number of likely N-dealkylation sites (tertiary alicyclic amines) is 1. The van der Waals surface area contributed by atoms with Crippen LogP contribution in [-0.2, 0) is 4.79 Å². The summed E-state index contributed by atoms with van der Waals surface area (Å²) in [7, 11) is 0. The maximum Gasteiger partial charge on any atom is 0.240 e. The number of nitrogens with zero attached hydrogens (tertiary/aromatic N) is 3. The molecule has 0 radical (unpaired) electrons. The van der Waals surface area contributed by atoms with Gasteiger partial charge in [0.25, 0.3) is 0 Å². The molecule has 0 saturated carbocycles. The first-order chi connectivity index (χ1) is 8.77. The largest absolute Gasteiger partial charge is 0.339 e. The lowest BCUT2D eigenvalue weighted by Crippen LogP contribution is -2.53. The van der Waals surface area contributed by atoms with Gasteiger partial charge < -0.3 is 10.2 Å². The zero-order valence-electron chi connectivity index (χ0n) is 11.1. The van der Waals surface area contributed by atoms with E-state index in [-0.39, 0.29) is 18.0 Å². The van der Waals surface area contributed by atoms with Gasteiger partial charge in [-0.05, 0) is 19.3 Å². The van der Waals surface area contributed by atoms with Crippen LogP contribution in [-0.4, -0.2) is 60.5 Å². The van der Waals surface area contributed by atoms with Crippen molar-refractivity contribution in [1.82, 2.24) is 15.1 Å². The highest BCUT2D eigenvalue weighted by molar-refractivity contribution is 5.82. The van der Waals surface area contributed by atoms with Gasteiger partial charge in [0.05, 0.1) is 18.2 Å². The van der Waals surface area contributed by atoms with E-state index >= 15 is 0 Å². The van der Waals surface area contributed by atoms with Crippen molar-refractivity contribution in [3.05, 3.63) is 0 Å². The molecule has 1 amide bonds. The molecule has 5 heteroatoms. The van der Waals surface area contributed by atoms with Crippen molar-refractivity contribution >= 4 is 5.91 Å². The number of piperazine rings is 1. The minimum Gasteiger partial charge on any atom is -0.339 e. The van der Waals surface area contributed by atoms with Gasteiger partial charge in [-0.1, -0.05) is 6.92 Å². The van der Waals surface area contributed by atoms with E-state index in [1.165, 1.54) is 0 Å². The fourth-order valence-electron chi connectivity index (χ4n) is 2.92. The van der Waals surface area contributed by atoms with Crippen LogP contribution >= 0.6 is 0 Å². The van der Waals surface area contributed by atoms with E-state index in [1.807, 2.05) is 11.8 Å². The molecule has 0 aromatic carbocycles. The highest BCUT2D eigenvalue weighted by Crippen LogP contribution is 2.23. The molecule has 1 N–H and O–H groups in total. The van der Waals surface area contributed by atoms with Crippen LogP contribution in [0.1, 0.15) is 26.2 Å². The molecule has 0 aromatic heterocycles. The molecular formula is C13H22N4O. The average molecular weight is 250 g/mol. The fraction of sp³-hybridized carbons (Fsp3) is 0.846. The Kier molecular flexibility index (Phi) is 4.56. The lowest BCUT2D eigenvalue weighted by atomic mass is 10.1. The second kappa shape index (κ2) is 6.17. The first-order valence-electron chi connectivity index (χ1n) is 6.92. The topological polar surface area (TPSA) is 59.4 Å². The molecule has 0 spiro atoms. The molecule has 2 atom stereocenters. The van der Waals surface area contributed by atoms with Gasteiger partial charge >= 0.3 is 0 Å². The van der Waals surface area contributed by atoms with E-state index in [0.717, 1.165) is 52.0 Å². The molecule has 2 saturated heterocycles. The number of carbonyl (C=O) groups excluding carboxylic acids is 1. The summed E-state index contributed by atoms with van der Waals surface area (Å²) >= 11 is 0. The number of hydrogen-bond acceptors (Lipinski definition) is 4. The Bertz CT molecular complexity index is 332. The van der Waals surface area contributed by atoms with Crippen LogP contribution < -0.4 is 5.32 Å². The summed E-state index contributed by atoms with van der Waals surface area (Å²) in [5.41, 5.74) is 0. The molecule has 2 rings (SSSR count). The maximum absolute atomic E-state index is 12.5. The standard InChI is InChI=1S/C13H22N4O/c1-2-11(10-14)17-7-3-4-12(17)13(18)16-8-5-15-6-9-16/h11-12,15H,2-9H2,1H3. The van der Waals surface area contributed by atoms with Crippen molar-refractivity contribution in [2.45, 2.75) is 38.3 Å². The van der Waals surface area contributed by atoms with Crippen molar-refractivity contribution < 1.29 is 4.79 Å². The molecule has 5 nitrogen and oxygen atoms in total. The number of nitriles is 1. The molecule has 2 fully saturated rings. The summed E-state index contributed by atoms with van der Waals surface area (Å²) in [6.45, 7) is 6.26. The van der Waals surface area contributed by atoms with E-state index in [4.69, 9.17) is 5.26 Å². The van der Waals surface area contributed by atoms with Crippen LogP contribution in [0.15, 0.2) is 0 Å². The van der Waals surface area contributed by atoms with Gasteiger partial charge in [0.15, 0.2) is 0 Å². The van der Waals surface area contributed by atoms with Crippen molar-refractivity contribution in [3.8, 4) is 6.07 Å². The number of carbonyl (C=O) groups is 1. The lowest BCUT2D eigenvalue weighted by molar-refractivity contribution is -0.137. The van der Waals surface area contributed by atoms with Gasteiger partial charge in [0, 0.05) is 32.7 Å². The molecule has 2 unspecified atom stereocenters. The van der Waals surface area contributed by atoms with E-state index in [9.17, 15) is 4.79 Å². The smallest absolute Gasteiger partial charge is 0.240 e. The molecule has 0 aliphatic carbocycles. The number of rotatable bonds is 3. The SMILES string of the molecule is CCC(C#N)N1CCCC1C(=O)N1CCNCC1. The number of amides is 1. The van der Waals surface area contributed by atoms with Gasteiger partial charge in [-0.3, -0.25) is 9.69 Å². The van der Waals surface area contributed by atoms with Crippen LogP contribution in [0.2, 0.25) is 0 Å². The second-order valence-corrected chi connectivity index (χ2v) is 5.02. The summed E-state index contributed by atoms with van der Waals surface area (Å²) in [6, 6.07) is 2.15. The Morgan fingerprint density at radius 3 is 2.78 bits per heavy atom. The summed E-state index contributed by atoms with van der Waals surface area (Å²) < 4.78 is 0. The summed E-state index contributed by atoms with van der Waals surface area (Å²) in [4.78, 5) is 16.5. The van der Waals surface area contributed by atoms with Crippen LogP contribution in [0, 0.1) is 11.3 Å². The Balaban J connectivity index is 2.02. The van der Waals surface area contributed by atoms with Crippen molar-refractivity contribution in [1.29, 1.82) is 5.26 Å². The zero-order valence-corrected chi connectivity index (χ0v) is 11.1. The molecule has 0 aromatic rings. The third-order valence-corrected chi connectivity index (χ3v) is 3.94. The van der Waals surface area contributed by atoms with E-state index < -0.39 is 0 Å². The highest BCUT2D eigenvalue weighted by Gasteiger charge is 2.37. The fourth-order valence-corrected chi connectivity index (χ4v) is 2.92. The maximum atomic E-state index is 12.5. The van der Waals surface area contributed by atoms with Gasteiger partial charge in [0.1, 0.15) is 0 Å². The van der Waals surface area contributed by atoms with Gasteiger partial charge in [-0.25, -0.2) is 0 Å². The Morgan fingerprint density at radius 2 is 2.17 bits per heavy atom. The predicted molar refractivity (Wildman–Crippen MR) is 68.9 cm³/mol. The predicted octanol–water partition coefficient (Wildman–Crippen LogP) is 0.185. The average Bonchev–Trinajstić information content (AvgIpc) is 2.90. The van der Waals surface area contributed by atoms with Crippen LogP contribution in [0.4, 0.5) is 0 Å².